The number of hydrogen-bond donors (Lipinski definition) is 1. The lowest BCUT2D eigenvalue weighted by Gasteiger charge is -2.41. The summed E-state index contributed by atoms with van der Waals surface area (Å²) < 4.78 is 0. The molecule has 1 aliphatic rings. The molecule has 0 unspecified atom stereocenters. The maximum atomic E-state index is 12.2. The highest BCUT2D eigenvalue weighted by Crippen LogP contribution is 2.22. The number of rotatable bonds is 2. The van der Waals surface area contributed by atoms with Gasteiger partial charge in [-0.2, -0.15) is 0 Å². The summed E-state index contributed by atoms with van der Waals surface area (Å²) in [6.07, 6.45) is 3.36. The molecule has 0 spiro atoms. The first-order valence-corrected chi connectivity index (χ1v) is 7.90. The molecule has 1 saturated heterocycles. The summed E-state index contributed by atoms with van der Waals surface area (Å²) in [4.78, 5) is 18.5. The van der Waals surface area contributed by atoms with Crippen LogP contribution in [-0.2, 0) is 0 Å². The summed E-state index contributed by atoms with van der Waals surface area (Å²) in [5, 5.41) is 3.56. The minimum Gasteiger partial charge on any atom is -0.349 e. The minimum atomic E-state index is -0.143. The van der Waals surface area contributed by atoms with Gasteiger partial charge in [0.15, 0.2) is 0 Å². The number of amides is 1. The number of carbonyl (C=O) groups is 1. The van der Waals surface area contributed by atoms with Crippen molar-refractivity contribution in [3.05, 3.63) is 28.0 Å². The van der Waals surface area contributed by atoms with Gasteiger partial charge in [0.25, 0.3) is 5.91 Å². The number of pyridine rings is 1. The van der Waals surface area contributed by atoms with E-state index >= 15 is 0 Å². The zero-order chi connectivity index (χ0) is 15.6. The summed E-state index contributed by atoms with van der Waals surface area (Å²) in [7, 11) is 0. The summed E-state index contributed by atoms with van der Waals surface area (Å²) in [6, 6.07) is 1.75. The number of nitrogens with one attached hydrogen (secondary N) is 1. The van der Waals surface area contributed by atoms with E-state index in [9.17, 15) is 4.79 Å². The standard InChI is InChI=1S/C15H21Cl2N3O/c1-15(2,3)20-6-4-11(5-7-20)19-14(21)10-8-12(16)13(17)18-9-10/h8-9,11H,4-7H2,1-3H3,(H,19,21). The molecule has 116 valence electrons. The Labute approximate surface area is 135 Å². The second-order valence-electron chi connectivity index (χ2n) is 6.40. The predicted molar refractivity (Wildman–Crippen MR) is 86.1 cm³/mol. The second-order valence-corrected chi connectivity index (χ2v) is 7.17. The highest BCUT2D eigenvalue weighted by Gasteiger charge is 2.27. The van der Waals surface area contributed by atoms with Crippen molar-refractivity contribution in [2.45, 2.75) is 45.2 Å². The number of hydrogen-bond acceptors (Lipinski definition) is 3. The molecule has 0 aliphatic carbocycles. The first-order valence-electron chi connectivity index (χ1n) is 7.14. The van der Waals surface area contributed by atoms with Crippen LogP contribution in [-0.4, -0.2) is 40.5 Å². The molecule has 2 rings (SSSR count). The minimum absolute atomic E-state index is 0.143. The second kappa shape index (κ2) is 6.51. The molecule has 0 radical (unpaired) electrons. The molecule has 6 heteroatoms. The van der Waals surface area contributed by atoms with Gasteiger partial charge >= 0.3 is 0 Å². The van der Waals surface area contributed by atoms with E-state index in [4.69, 9.17) is 23.2 Å². The fraction of sp³-hybridized carbons (Fsp3) is 0.600. The molecule has 1 N–H and O–H groups in total. The first-order chi connectivity index (χ1) is 9.77. The molecule has 0 atom stereocenters. The number of aromatic nitrogens is 1. The molecule has 0 bridgehead atoms. The van der Waals surface area contributed by atoms with E-state index in [0.717, 1.165) is 25.9 Å². The monoisotopic (exact) mass is 329 g/mol. The highest BCUT2D eigenvalue weighted by atomic mass is 35.5. The third-order valence-electron chi connectivity index (χ3n) is 3.84. The van der Waals surface area contributed by atoms with Crippen molar-refractivity contribution < 1.29 is 4.79 Å². The van der Waals surface area contributed by atoms with E-state index in [-0.39, 0.29) is 22.6 Å². The molecular weight excluding hydrogens is 309 g/mol. The normalized spacial score (nSPS) is 17.8. The molecule has 0 aromatic carbocycles. The van der Waals surface area contributed by atoms with Gasteiger partial charge in [0.1, 0.15) is 5.15 Å². The van der Waals surface area contributed by atoms with Gasteiger partial charge in [-0.1, -0.05) is 23.2 Å². The van der Waals surface area contributed by atoms with E-state index in [1.54, 1.807) is 6.07 Å². The number of carbonyl (C=O) groups excluding carboxylic acids is 1. The SMILES string of the molecule is CC(C)(C)N1CCC(NC(=O)c2cnc(Cl)c(Cl)c2)CC1. The lowest BCUT2D eigenvalue weighted by molar-refractivity contribution is 0.0812. The van der Waals surface area contributed by atoms with Crippen LogP contribution in [0, 0.1) is 0 Å². The Bertz CT molecular complexity index is 520. The molecule has 1 amide bonds. The highest BCUT2D eigenvalue weighted by molar-refractivity contribution is 6.41. The zero-order valence-corrected chi connectivity index (χ0v) is 14.1. The molecule has 1 aliphatic heterocycles. The van der Waals surface area contributed by atoms with Gasteiger partial charge < -0.3 is 5.32 Å². The lowest BCUT2D eigenvalue weighted by atomic mass is 9.98. The van der Waals surface area contributed by atoms with Crippen LogP contribution in [0.1, 0.15) is 44.0 Å². The van der Waals surface area contributed by atoms with Crippen molar-refractivity contribution in [2.24, 2.45) is 0 Å². The van der Waals surface area contributed by atoms with Gasteiger partial charge in [-0.25, -0.2) is 4.98 Å². The third kappa shape index (κ3) is 4.31. The van der Waals surface area contributed by atoms with E-state index in [2.05, 4.69) is 36.0 Å². The molecule has 2 heterocycles. The molecule has 1 fully saturated rings. The third-order valence-corrected chi connectivity index (χ3v) is 4.52. The van der Waals surface area contributed by atoms with Crippen LogP contribution >= 0.6 is 23.2 Å². The van der Waals surface area contributed by atoms with Crippen molar-refractivity contribution in [3.63, 3.8) is 0 Å². The average Bonchev–Trinajstić information content (AvgIpc) is 2.41. The Morgan fingerprint density at radius 3 is 2.48 bits per heavy atom. The van der Waals surface area contributed by atoms with Crippen molar-refractivity contribution in [2.75, 3.05) is 13.1 Å². The van der Waals surface area contributed by atoms with Crippen molar-refractivity contribution >= 4 is 29.1 Å². The van der Waals surface area contributed by atoms with Crippen LogP contribution in [0.25, 0.3) is 0 Å². The zero-order valence-electron chi connectivity index (χ0n) is 12.6. The fourth-order valence-corrected chi connectivity index (χ4v) is 2.78. The Morgan fingerprint density at radius 1 is 1.33 bits per heavy atom. The van der Waals surface area contributed by atoms with Gasteiger partial charge in [-0.15, -0.1) is 0 Å². The number of piperidine rings is 1. The Hall–Kier alpha value is -0.840. The molecule has 21 heavy (non-hydrogen) atoms. The van der Waals surface area contributed by atoms with Crippen LogP contribution in [0.3, 0.4) is 0 Å². The summed E-state index contributed by atoms with van der Waals surface area (Å²) in [5.74, 6) is -0.143. The lowest BCUT2D eigenvalue weighted by Crippen LogP contribution is -2.50. The summed E-state index contributed by atoms with van der Waals surface area (Å²) >= 11 is 11.6. The molecule has 1 aromatic heterocycles. The smallest absolute Gasteiger partial charge is 0.253 e. The van der Waals surface area contributed by atoms with Gasteiger partial charge in [-0.05, 0) is 39.7 Å². The molecule has 0 saturated carbocycles. The van der Waals surface area contributed by atoms with Crippen molar-refractivity contribution in [1.82, 2.24) is 15.2 Å². The van der Waals surface area contributed by atoms with E-state index in [1.807, 2.05) is 0 Å². The first kappa shape index (κ1) is 16.5. The van der Waals surface area contributed by atoms with Crippen LogP contribution in [0.5, 0.6) is 0 Å². The van der Waals surface area contributed by atoms with Gasteiger partial charge in [-0.3, -0.25) is 9.69 Å². The summed E-state index contributed by atoms with van der Waals surface area (Å²) in [6.45, 7) is 8.63. The van der Waals surface area contributed by atoms with Crippen LogP contribution in [0.15, 0.2) is 12.3 Å². The van der Waals surface area contributed by atoms with E-state index < -0.39 is 0 Å². The Morgan fingerprint density at radius 2 is 1.95 bits per heavy atom. The maximum Gasteiger partial charge on any atom is 0.253 e. The van der Waals surface area contributed by atoms with Gasteiger partial charge in [0.05, 0.1) is 10.6 Å². The van der Waals surface area contributed by atoms with Crippen LogP contribution in [0.4, 0.5) is 0 Å². The molecule has 4 nitrogen and oxygen atoms in total. The van der Waals surface area contributed by atoms with E-state index in [0.29, 0.717) is 10.6 Å². The van der Waals surface area contributed by atoms with Crippen LogP contribution < -0.4 is 5.32 Å². The number of nitrogens with zero attached hydrogens (tertiary/aromatic N) is 2. The van der Waals surface area contributed by atoms with Crippen LogP contribution in [0.2, 0.25) is 10.2 Å². The quantitative estimate of drug-likeness (QED) is 0.846. The fourth-order valence-electron chi connectivity index (χ4n) is 2.51. The summed E-state index contributed by atoms with van der Waals surface area (Å²) in [5.41, 5.74) is 0.630. The molecule has 1 aromatic rings. The van der Waals surface area contributed by atoms with E-state index in [1.165, 1.54) is 6.20 Å². The Balaban J connectivity index is 1.91. The average molecular weight is 330 g/mol. The molecular formula is C15H21Cl2N3O. The topological polar surface area (TPSA) is 45.2 Å². The largest absolute Gasteiger partial charge is 0.349 e. The number of halogens is 2. The maximum absolute atomic E-state index is 12.2. The van der Waals surface area contributed by atoms with Gasteiger partial charge in [0.2, 0.25) is 0 Å². The van der Waals surface area contributed by atoms with Crippen molar-refractivity contribution in [3.8, 4) is 0 Å². The van der Waals surface area contributed by atoms with Crippen molar-refractivity contribution in [1.29, 1.82) is 0 Å². The Kier molecular flexibility index (Phi) is 5.12. The predicted octanol–water partition coefficient (Wildman–Crippen LogP) is 3.38. The van der Waals surface area contributed by atoms with Gasteiger partial charge in [0, 0.05) is 30.9 Å². The number of likely N-dealkylation sites (tertiary alicyclic amines) is 1.